The summed E-state index contributed by atoms with van der Waals surface area (Å²) in [7, 11) is -2.54. The van der Waals surface area contributed by atoms with Crippen LogP contribution in [-0.4, -0.2) is 26.1 Å². The molecule has 0 radical (unpaired) electrons. The third kappa shape index (κ3) is 4.38. The molecule has 0 aliphatic rings. The third-order valence-corrected chi connectivity index (χ3v) is 7.76. The number of carbonyl (C=O) groups excluding carboxylic acids is 1. The van der Waals surface area contributed by atoms with Gasteiger partial charge >= 0.3 is 5.97 Å². The van der Waals surface area contributed by atoms with Crippen LogP contribution in [0.3, 0.4) is 0 Å². The lowest BCUT2D eigenvalue weighted by Gasteiger charge is -2.12. The van der Waals surface area contributed by atoms with Crippen LogP contribution < -0.4 is 0 Å². The fourth-order valence-electron chi connectivity index (χ4n) is 3.99. The third-order valence-electron chi connectivity index (χ3n) is 5.67. The van der Waals surface area contributed by atoms with Gasteiger partial charge in [-0.2, -0.15) is 0 Å². The molecule has 0 saturated heterocycles. The van der Waals surface area contributed by atoms with E-state index in [1.165, 1.54) is 37.4 Å². The predicted molar refractivity (Wildman–Crippen MR) is 125 cm³/mol. The van der Waals surface area contributed by atoms with Gasteiger partial charge < -0.3 is 9.30 Å². The highest BCUT2D eigenvalue weighted by atomic mass is 35.5. The van der Waals surface area contributed by atoms with E-state index in [-0.39, 0.29) is 22.8 Å². The number of rotatable bonds is 6. The van der Waals surface area contributed by atoms with Gasteiger partial charge in [0, 0.05) is 28.0 Å². The molecule has 0 fully saturated rings. The minimum Gasteiger partial charge on any atom is -0.468 e. The van der Waals surface area contributed by atoms with Crippen LogP contribution in [0.4, 0.5) is 4.39 Å². The van der Waals surface area contributed by atoms with Crippen LogP contribution in [0, 0.1) is 12.7 Å². The van der Waals surface area contributed by atoms with Crippen LogP contribution in [-0.2, 0) is 32.3 Å². The number of carbonyl (C=O) groups is 1. The zero-order valence-electron chi connectivity index (χ0n) is 18.0. The second-order valence-corrected chi connectivity index (χ2v) is 9.99. The first-order chi connectivity index (χ1) is 15.7. The maximum atomic E-state index is 14.2. The number of benzene rings is 3. The molecule has 5 nitrogen and oxygen atoms in total. The fraction of sp³-hybridized carbons (Fsp3) is 0.160. The molecule has 0 aliphatic heterocycles. The summed E-state index contributed by atoms with van der Waals surface area (Å²) in [5.74, 6) is -0.864. The Morgan fingerprint density at radius 1 is 1.06 bits per heavy atom. The Kier molecular flexibility index (Phi) is 6.28. The number of aromatic nitrogens is 1. The van der Waals surface area contributed by atoms with Crippen molar-refractivity contribution in [2.24, 2.45) is 0 Å². The number of fused-ring (bicyclic) bond motifs is 1. The smallest absolute Gasteiger partial charge is 0.325 e. The minimum atomic E-state index is -3.84. The number of esters is 1. The second-order valence-electron chi connectivity index (χ2n) is 7.63. The molecule has 0 aliphatic carbocycles. The van der Waals surface area contributed by atoms with Gasteiger partial charge in [0.1, 0.15) is 12.4 Å². The van der Waals surface area contributed by atoms with Gasteiger partial charge in [0.05, 0.1) is 16.9 Å². The van der Waals surface area contributed by atoms with Crippen molar-refractivity contribution < 1.29 is 22.3 Å². The zero-order chi connectivity index (χ0) is 23.8. The normalized spacial score (nSPS) is 11.6. The molecule has 33 heavy (non-hydrogen) atoms. The van der Waals surface area contributed by atoms with Crippen molar-refractivity contribution in [1.29, 1.82) is 0 Å². The SMILES string of the molecule is COC(=O)Cn1c(C)c(Cc2ccc(Cl)cc2S(=O)(=O)c2ccccc2)c2cc(F)ccc21. The molecule has 0 spiro atoms. The summed E-state index contributed by atoms with van der Waals surface area (Å²) in [5, 5.41) is 0.901. The summed E-state index contributed by atoms with van der Waals surface area (Å²) in [4.78, 5) is 12.2. The first-order valence-corrected chi connectivity index (χ1v) is 12.0. The number of sulfone groups is 1. The maximum absolute atomic E-state index is 14.2. The molecule has 3 aromatic carbocycles. The summed E-state index contributed by atoms with van der Waals surface area (Å²) in [5.41, 5.74) is 2.63. The summed E-state index contributed by atoms with van der Waals surface area (Å²) >= 11 is 6.17. The summed E-state index contributed by atoms with van der Waals surface area (Å²) in [6.07, 6.45) is 0.207. The molecule has 0 bridgehead atoms. The van der Waals surface area contributed by atoms with Gasteiger partial charge in [0.2, 0.25) is 9.84 Å². The second kappa shape index (κ2) is 9.00. The van der Waals surface area contributed by atoms with Gasteiger partial charge in [-0.15, -0.1) is 0 Å². The largest absolute Gasteiger partial charge is 0.468 e. The molecular weight excluding hydrogens is 465 g/mol. The molecule has 4 aromatic rings. The van der Waals surface area contributed by atoms with Crippen molar-refractivity contribution in [3.63, 3.8) is 0 Å². The average molecular weight is 486 g/mol. The van der Waals surface area contributed by atoms with Gasteiger partial charge in [0.25, 0.3) is 0 Å². The Morgan fingerprint density at radius 3 is 2.48 bits per heavy atom. The first kappa shape index (κ1) is 23.0. The van der Waals surface area contributed by atoms with E-state index in [1.54, 1.807) is 41.0 Å². The molecule has 0 amide bonds. The monoisotopic (exact) mass is 485 g/mol. The lowest BCUT2D eigenvalue weighted by Crippen LogP contribution is -2.13. The maximum Gasteiger partial charge on any atom is 0.325 e. The van der Waals surface area contributed by atoms with Crippen molar-refractivity contribution in [1.82, 2.24) is 4.57 Å². The Morgan fingerprint density at radius 2 is 1.79 bits per heavy atom. The molecule has 0 saturated carbocycles. The Balaban J connectivity index is 1.89. The number of methoxy groups -OCH3 is 1. The van der Waals surface area contributed by atoms with E-state index >= 15 is 0 Å². The zero-order valence-corrected chi connectivity index (χ0v) is 19.6. The summed E-state index contributed by atoms with van der Waals surface area (Å²) in [6, 6.07) is 17.2. The van der Waals surface area contributed by atoms with Crippen LogP contribution in [0.2, 0.25) is 5.02 Å². The van der Waals surface area contributed by atoms with E-state index in [0.717, 1.165) is 11.3 Å². The molecule has 4 rings (SSSR count). The van der Waals surface area contributed by atoms with Gasteiger partial charge in [-0.25, -0.2) is 12.8 Å². The average Bonchev–Trinajstić information content (AvgIpc) is 3.05. The van der Waals surface area contributed by atoms with Gasteiger partial charge in [-0.3, -0.25) is 4.79 Å². The molecular formula is C25H21ClFNO4S. The van der Waals surface area contributed by atoms with Crippen molar-refractivity contribution in [3.8, 4) is 0 Å². The molecule has 0 N–H and O–H groups in total. The van der Waals surface area contributed by atoms with Crippen molar-refractivity contribution in [2.75, 3.05) is 7.11 Å². The Hall–Kier alpha value is -3.16. The van der Waals surface area contributed by atoms with Gasteiger partial charge in [-0.1, -0.05) is 35.9 Å². The molecule has 0 atom stereocenters. The highest BCUT2D eigenvalue weighted by molar-refractivity contribution is 7.91. The topological polar surface area (TPSA) is 65.4 Å². The van der Waals surface area contributed by atoms with E-state index in [9.17, 15) is 17.6 Å². The summed E-state index contributed by atoms with van der Waals surface area (Å²) in [6.45, 7) is 1.78. The van der Waals surface area contributed by atoms with E-state index in [0.29, 0.717) is 21.5 Å². The quantitative estimate of drug-likeness (QED) is 0.346. The molecule has 0 unspecified atom stereocenters. The predicted octanol–water partition coefficient (Wildman–Crippen LogP) is 5.34. The van der Waals surface area contributed by atoms with E-state index < -0.39 is 21.6 Å². The Bertz CT molecular complexity index is 1460. The van der Waals surface area contributed by atoms with Crippen LogP contribution >= 0.6 is 11.6 Å². The van der Waals surface area contributed by atoms with E-state index in [2.05, 4.69) is 0 Å². The van der Waals surface area contributed by atoms with Crippen molar-refractivity contribution >= 4 is 38.3 Å². The minimum absolute atomic E-state index is 0.0414. The van der Waals surface area contributed by atoms with Crippen molar-refractivity contribution in [3.05, 3.63) is 94.4 Å². The molecule has 170 valence electrons. The molecule has 1 aromatic heterocycles. The van der Waals surface area contributed by atoms with E-state index in [1.807, 2.05) is 6.92 Å². The van der Waals surface area contributed by atoms with Crippen LogP contribution in [0.15, 0.2) is 76.5 Å². The van der Waals surface area contributed by atoms with Crippen LogP contribution in [0.25, 0.3) is 10.9 Å². The van der Waals surface area contributed by atoms with Gasteiger partial charge in [0.15, 0.2) is 0 Å². The van der Waals surface area contributed by atoms with Crippen molar-refractivity contribution in [2.45, 2.75) is 29.7 Å². The molecule has 8 heteroatoms. The highest BCUT2D eigenvalue weighted by Gasteiger charge is 2.24. The van der Waals surface area contributed by atoms with Crippen LogP contribution in [0.1, 0.15) is 16.8 Å². The lowest BCUT2D eigenvalue weighted by molar-refractivity contribution is -0.141. The lowest BCUT2D eigenvalue weighted by atomic mass is 10.0. The number of ether oxygens (including phenoxy) is 1. The molecule has 1 heterocycles. The Labute approximate surface area is 196 Å². The first-order valence-electron chi connectivity index (χ1n) is 10.1. The standard InChI is InChI=1S/C25H21ClFNO4S/c1-16-21(22-14-19(27)10-11-23(22)28(16)15-25(29)32-2)12-17-8-9-18(26)13-24(17)33(30,31)20-6-4-3-5-7-20/h3-11,13-14H,12,15H2,1-2H3. The number of hydrogen-bond acceptors (Lipinski definition) is 4. The van der Waals surface area contributed by atoms with E-state index in [4.69, 9.17) is 16.3 Å². The fourth-order valence-corrected chi connectivity index (χ4v) is 5.76. The number of halogens is 2. The highest BCUT2D eigenvalue weighted by Crippen LogP contribution is 2.33. The summed E-state index contributed by atoms with van der Waals surface area (Å²) < 4.78 is 47.5. The number of nitrogens with zero attached hydrogens (tertiary/aromatic N) is 1. The number of hydrogen-bond donors (Lipinski definition) is 0. The van der Waals surface area contributed by atoms with Crippen LogP contribution in [0.5, 0.6) is 0 Å². The van der Waals surface area contributed by atoms with Gasteiger partial charge in [-0.05, 0) is 60.5 Å².